The summed E-state index contributed by atoms with van der Waals surface area (Å²) < 4.78 is 14.0. The van der Waals surface area contributed by atoms with Crippen LogP contribution in [0.2, 0.25) is 0 Å². The van der Waals surface area contributed by atoms with Gasteiger partial charge in [-0.25, -0.2) is 4.39 Å². The van der Waals surface area contributed by atoms with Gasteiger partial charge in [0.15, 0.2) is 0 Å². The molecular weight excluding hydrogens is 269 g/mol. The summed E-state index contributed by atoms with van der Waals surface area (Å²) in [6.45, 7) is 2.80. The van der Waals surface area contributed by atoms with Crippen LogP contribution in [0.15, 0.2) is 30.3 Å². The van der Waals surface area contributed by atoms with Crippen molar-refractivity contribution in [2.45, 2.75) is 12.2 Å². The zero-order valence-corrected chi connectivity index (χ0v) is 10.7. The summed E-state index contributed by atoms with van der Waals surface area (Å²) in [5.41, 5.74) is 0.430. The summed E-state index contributed by atoms with van der Waals surface area (Å²) in [6.07, 6.45) is 0. The highest BCUT2D eigenvalue weighted by Crippen LogP contribution is 2.59. The lowest BCUT2D eigenvalue weighted by molar-refractivity contribution is 0.199. The first-order chi connectivity index (χ1) is 7.74. The van der Waals surface area contributed by atoms with Crippen molar-refractivity contribution in [3.63, 3.8) is 0 Å². The summed E-state index contributed by atoms with van der Waals surface area (Å²) >= 11 is 3.28. The fourth-order valence-electron chi connectivity index (χ4n) is 2.92. The third-order valence-corrected chi connectivity index (χ3v) is 4.83. The number of nitrogens with zero attached hydrogens (tertiary/aromatic N) is 1. The minimum atomic E-state index is -0.896. The molecule has 1 aliphatic carbocycles. The second-order valence-corrected chi connectivity index (χ2v) is 5.51. The predicted molar refractivity (Wildman–Crippen MR) is 66.3 cm³/mol. The van der Waals surface area contributed by atoms with Gasteiger partial charge in [0.1, 0.15) is 5.67 Å². The van der Waals surface area contributed by atoms with Crippen molar-refractivity contribution in [2.75, 3.05) is 18.4 Å². The van der Waals surface area contributed by atoms with E-state index in [0.29, 0.717) is 5.33 Å². The van der Waals surface area contributed by atoms with E-state index in [0.717, 1.165) is 19.6 Å². The molecule has 0 spiro atoms. The second-order valence-electron chi connectivity index (χ2n) is 4.95. The lowest BCUT2D eigenvalue weighted by Gasteiger charge is -2.21. The first kappa shape index (κ1) is 10.7. The van der Waals surface area contributed by atoms with Crippen molar-refractivity contribution in [3.05, 3.63) is 35.9 Å². The quantitative estimate of drug-likeness (QED) is 0.771. The van der Waals surface area contributed by atoms with Crippen LogP contribution in [0, 0.1) is 11.8 Å². The highest BCUT2D eigenvalue weighted by Gasteiger charge is 2.68. The van der Waals surface area contributed by atoms with Gasteiger partial charge in [0, 0.05) is 36.8 Å². The Morgan fingerprint density at radius 3 is 2.44 bits per heavy atom. The van der Waals surface area contributed by atoms with Gasteiger partial charge in [0.25, 0.3) is 0 Å². The Kier molecular flexibility index (Phi) is 2.55. The van der Waals surface area contributed by atoms with Gasteiger partial charge < -0.3 is 0 Å². The van der Waals surface area contributed by atoms with Crippen LogP contribution in [0.3, 0.4) is 0 Å². The molecule has 1 heterocycles. The SMILES string of the molecule is FC1(CBr)C2CN(Cc3ccccc3)C[C@H]21. The number of fused-ring (bicyclic) bond motifs is 1. The van der Waals surface area contributed by atoms with E-state index in [-0.39, 0.29) is 11.8 Å². The summed E-state index contributed by atoms with van der Waals surface area (Å²) in [5.74, 6) is 0.547. The van der Waals surface area contributed by atoms with Crippen LogP contribution in [0.25, 0.3) is 0 Å². The normalized spacial score (nSPS) is 37.4. The van der Waals surface area contributed by atoms with Crippen LogP contribution < -0.4 is 0 Å². The van der Waals surface area contributed by atoms with Crippen molar-refractivity contribution in [1.82, 2.24) is 4.90 Å². The van der Waals surface area contributed by atoms with Crippen molar-refractivity contribution in [3.8, 4) is 0 Å². The van der Waals surface area contributed by atoms with Crippen LogP contribution in [0.1, 0.15) is 5.56 Å². The highest BCUT2D eigenvalue weighted by atomic mass is 79.9. The third-order valence-electron chi connectivity index (χ3n) is 3.97. The van der Waals surface area contributed by atoms with Gasteiger partial charge in [-0.3, -0.25) is 4.90 Å². The van der Waals surface area contributed by atoms with Crippen molar-refractivity contribution in [2.24, 2.45) is 11.8 Å². The molecule has 2 aliphatic rings. The molecule has 1 aromatic carbocycles. The Morgan fingerprint density at radius 1 is 1.25 bits per heavy atom. The maximum atomic E-state index is 14.0. The Hall–Kier alpha value is -0.410. The summed E-state index contributed by atoms with van der Waals surface area (Å²) in [7, 11) is 0. The highest BCUT2D eigenvalue weighted by molar-refractivity contribution is 9.09. The van der Waals surface area contributed by atoms with Gasteiger partial charge >= 0.3 is 0 Å². The number of benzene rings is 1. The maximum Gasteiger partial charge on any atom is 0.129 e. The number of halogens is 2. The molecule has 0 radical (unpaired) electrons. The maximum absolute atomic E-state index is 14.0. The summed E-state index contributed by atoms with van der Waals surface area (Å²) in [6, 6.07) is 10.4. The van der Waals surface area contributed by atoms with Crippen molar-refractivity contribution >= 4 is 15.9 Å². The molecule has 1 aliphatic heterocycles. The van der Waals surface area contributed by atoms with E-state index in [9.17, 15) is 4.39 Å². The molecule has 1 saturated heterocycles. The van der Waals surface area contributed by atoms with Gasteiger partial charge in [-0.2, -0.15) is 0 Å². The summed E-state index contributed by atoms with van der Waals surface area (Å²) in [4.78, 5) is 2.37. The molecule has 3 atom stereocenters. The van der Waals surface area contributed by atoms with E-state index in [4.69, 9.17) is 0 Å². The molecule has 16 heavy (non-hydrogen) atoms. The molecule has 1 nitrogen and oxygen atoms in total. The van der Waals surface area contributed by atoms with Gasteiger partial charge in [0.05, 0.1) is 0 Å². The molecule has 86 valence electrons. The molecule has 0 N–H and O–H groups in total. The molecule has 1 aromatic rings. The number of hydrogen-bond donors (Lipinski definition) is 0. The van der Waals surface area contributed by atoms with Crippen LogP contribution in [0.4, 0.5) is 4.39 Å². The number of alkyl halides is 2. The Bertz CT molecular complexity index is 369. The van der Waals surface area contributed by atoms with E-state index < -0.39 is 5.67 Å². The molecule has 0 amide bonds. The molecular formula is C13H15BrFN. The minimum absolute atomic E-state index is 0.274. The topological polar surface area (TPSA) is 3.24 Å². The molecule has 0 aromatic heterocycles. The lowest BCUT2D eigenvalue weighted by atomic mass is 10.2. The van der Waals surface area contributed by atoms with E-state index in [1.54, 1.807) is 0 Å². The Balaban J connectivity index is 1.59. The summed E-state index contributed by atoms with van der Waals surface area (Å²) in [5, 5.41) is 0.508. The zero-order valence-electron chi connectivity index (χ0n) is 9.07. The molecule has 2 fully saturated rings. The lowest BCUT2D eigenvalue weighted by Crippen LogP contribution is -2.29. The van der Waals surface area contributed by atoms with Crippen LogP contribution in [-0.4, -0.2) is 29.0 Å². The zero-order chi connectivity index (χ0) is 11.2. The molecule has 0 bridgehead atoms. The minimum Gasteiger partial charge on any atom is -0.298 e. The van der Waals surface area contributed by atoms with Crippen molar-refractivity contribution < 1.29 is 4.39 Å². The average Bonchev–Trinajstić information content (AvgIpc) is 2.69. The fraction of sp³-hybridized carbons (Fsp3) is 0.538. The van der Waals surface area contributed by atoms with Crippen LogP contribution in [-0.2, 0) is 6.54 Å². The number of rotatable bonds is 3. The van der Waals surface area contributed by atoms with Gasteiger partial charge in [-0.15, -0.1) is 0 Å². The first-order valence-electron chi connectivity index (χ1n) is 5.75. The number of likely N-dealkylation sites (tertiary alicyclic amines) is 1. The third kappa shape index (κ3) is 1.61. The first-order valence-corrected chi connectivity index (χ1v) is 6.87. The Labute approximate surface area is 104 Å². The van der Waals surface area contributed by atoms with E-state index >= 15 is 0 Å². The van der Waals surface area contributed by atoms with Crippen LogP contribution >= 0.6 is 15.9 Å². The van der Waals surface area contributed by atoms with Crippen molar-refractivity contribution in [1.29, 1.82) is 0 Å². The second kappa shape index (κ2) is 3.81. The van der Waals surface area contributed by atoms with E-state index in [1.165, 1.54) is 5.56 Å². The van der Waals surface area contributed by atoms with Gasteiger partial charge in [-0.1, -0.05) is 46.3 Å². The predicted octanol–water partition coefficient (Wildman–Crippen LogP) is 2.85. The number of hydrogen-bond acceptors (Lipinski definition) is 1. The van der Waals surface area contributed by atoms with E-state index in [1.807, 2.05) is 6.07 Å². The van der Waals surface area contributed by atoms with Gasteiger partial charge in [0.2, 0.25) is 0 Å². The smallest absolute Gasteiger partial charge is 0.129 e. The standard InChI is InChI=1S/C13H15BrFN/c14-9-13(15)11-7-16(8-12(11)13)6-10-4-2-1-3-5-10/h1-5,11-12H,6-9H2/t11-,12?,13?/m1/s1. The van der Waals surface area contributed by atoms with Crippen LogP contribution in [0.5, 0.6) is 0 Å². The van der Waals surface area contributed by atoms with Gasteiger partial charge in [-0.05, 0) is 5.56 Å². The van der Waals surface area contributed by atoms with E-state index in [2.05, 4.69) is 45.1 Å². The molecule has 3 rings (SSSR count). The molecule has 2 unspecified atom stereocenters. The fourth-order valence-corrected chi connectivity index (χ4v) is 3.76. The largest absolute Gasteiger partial charge is 0.298 e. The monoisotopic (exact) mass is 283 g/mol. The number of piperidine rings is 1. The average molecular weight is 284 g/mol. The molecule has 3 heteroatoms. The molecule has 1 saturated carbocycles. The Morgan fingerprint density at radius 2 is 1.88 bits per heavy atom.